The predicted octanol–water partition coefficient (Wildman–Crippen LogP) is 2.46. The van der Waals surface area contributed by atoms with E-state index in [1.54, 1.807) is 0 Å². The summed E-state index contributed by atoms with van der Waals surface area (Å²) in [5, 5.41) is 9.68. The van der Waals surface area contributed by atoms with Crippen molar-refractivity contribution in [2.45, 2.75) is 32.8 Å². The molecule has 0 aromatic heterocycles. The molecule has 0 radical (unpaired) electrons. The van der Waals surface area contributed by atoms with E-state index >= 15 is 0 Å². The van der Waals surface area contributed by atoms with E-state index in [1.165, 1.54) is 11.3 Å². The first-order valence-electron chi connectivity index (χ1n) is 6.02. The standard InChI is InChI=1S/C14H21NO/c1-11(2)8-12-4-6-13(7-5-12)15-9-14(3,16)10-15/h4-7,11,16H,8-10H2,1-3H3. The minimum atomic E-state index is -0.489. The van der Waals surface area contributed by atoms with Gasteiger partial charge in [0.05, 0.1) is 5.60 Å². The molecule has 1 saturated heterocycles. The molecule has 1 aliphatic rings. The van der Waals surface area contributed by atoms with Crippen LogP contribution in [0.25, 0.3) is 0 Å². The predicted molar refractivity (Wildman–Crippen MR) is 67.8 cm³/mol. The normalized spacial score (nSPS) is 18.7. The van der Waals surface area contributed by atoms with Crippen LogP contribution >= 0.6 is 0 Å². The van der Waals surface area contributed by atoms with Gasteiger partial charge in [0.15, 0.2) is 0 Å². The summed E-state index contributed by atoms with van der Waals surface area (Å²) in [7, 11) is 0. The molecule has 1 heterocycles. The number of aliphatic hydroxyl groups is 1. The SMILES string of the molecule is CC(C)Cc1ccc(N2CC(C)(O)C2)cc1. The van der Waals surface area contributed by atoms with Crippen molar-refractivity contribution < 1.29 is 5.11 Å². The Morgan fingerprint density at radius 2 is 1.81 bits per heavy atom. The molecule has 1 aromatic rings. The summed E-state index contributed by atoms with van der Waals surface area (Å²) in [5.41, 5.74) is 2.13. The summed E-state index contributed by atoms with van der Waals surface area (Å²) in [5.74, 6) is 0.704. The van der Waals surface area contributed by atoms with E-state index in [0.717, 1.165) is 19.5 Å². The molecule has 1 fully saturated rings. The van der Waals surface area contributed by atoms with E-state index in [0.29, 0.717) is 5.92 Å². The Kier molecular flexibility index (Phi) is 2.94. The van der Waals surface area contributed by atoms with Gasteiger partial charge in [0.1, 0.15) is 0 Å². The van der Waals surface area contributed by atoms with Crippen molar-refractivity contribution in [1.82, 2.24) is 0 Å². The Morgan fingerprint density at radius 1 is 1.25 bits per heavy atom. The zero-order valence-corrected chi connectivity index (χ0v) is 10.4. The third kappa shape index (κ3) is 2.56. The minimum absolute atomic E-state index is 0.489. The van der Waals surface area contributed by atoms with E-state index in [-0.39, 0.29) is 0 Å². The van der Waals surface area contributed by atoms with Crippen LogP contribution in [0.5, 0.6) is 0 Å². The fourth-order valence-electron chi connectivity index (χ4n) is 2.27. The van der Waals surface area contributed by atoms with Crippen molar-refractivity contribution in [1.29, 1.82) is 0 Å². The summed E-state index contributed by atoms with van der Waals surface area (Å²) in [6.45, 7) is 7.85. The average Bonchev–Trinajstić information content (AvgIpc) is 2.14. The molecule has 1 aromatic carbocycles. The highest BCUT2D eigenvalue weighted by Gasteiger charge is 2.36. The number of nitrogens with zero attached hydrogens (tertiary/aromatic N) is 1. The van der Waals surface area contributed by atoms with Gasteiger partial charge in [-0.25, -0.2) is 0 Å². The van der Waals surface area contributed by atoms with Crippen molar-refractivity contribution in [3.05, 3.63) is 29.8 Å². The minimum Gasteiger partial charge on any atom is -0.386 e. The van der Waals surface area contributed by atoms with Crippen LogP contribution in [0.1, 0.15) is 26.3 Å². The quantitative estimate of drug-likeness (QED) is 0.844. The molecule has 0 bridgehead atoms. The van der Waals surface area contributed by atoms with Crippen LogP contribution in [0.15, 0.2) is 24.3 Å². The third-order valence-electron chi connectivity index (χ3n) is 3.01. The molecule has 2 rings (SSSR count). The number of anilines is 1. The fourth-order valence-corrected chi connectivity index (χ4v) is 2.27. The summed E-state index contributed by atoms with van der Waals surface area (Å²) in [6.07, 6.45) is 1.14. The van der Waals surface area contributed by atoms with Gasteiger partial charge in [-0.15, -0.1) is 0 Å². The van der Waals surface area contributed by atoms with Crippen molar-refractivity contribution in [3.63, 3.8) is 0 Å². The molecule has 0 spiro atoms. The maximum absolute atomic E-state index is 9.68. The van der Waals surface area contributed by atoms with Crippen molar-refractivity contribution in [2.75, 3.05) is 18.0 Å². The largest absolute Gasteiger partial charge is 0.386 e. The zero-order chi connectivity index (χ0) is 11.8. The number of hydrogen-bond donors (Lipinski definition) is 1. The molecule has 1 N–H and O–H groups in total. The number of β-amino-alcohol motifs (C(OH)–C–C–N with tert-alkyl or cyclic N) is 1. The van der Waals surface area contributed by atoms with Crippen LogP contribution in [-0.2, 0) is 6.42 Å². The Labute approximate surface area is 97.9 Å². The smallest absolute Gasteiger partial charge is 0.0967 e. The van der Waals surface area contributed by atoms with Crippen LogP contribution < -0.4 is 4.90 Å². The highest BCUT2D eigenvalue weighted by molar-refractivity contribution is 5.51. The molecule has 0 aliphatic carbocycles. The zero-order valence-electron chi connectivity index (χ0n) is 10.4. The second-order valence-electron chi connectivity index (χ2n) is 5.62. The van der Waals surface area contributed by atoms with Gasteiger partial charge in [-0.05, 0) is 37.0 Å². The molecule has 0 amide bonds. The topological polar surface area (TPSA) is 23.5 Å². The maximum Gasteiger partial charge on any atom is 0.0967 e. The molecule has 1 aliphatic heterocycles. The van der Waals surface area contributed by atoms with Crippen molar-refractivity contribution >= 4 is 5.69 Å². The highest BCUT2D eigenvalue weighted by atomic mass is 16.3. The van der Waals surface area contributed by atoms with Gasteiger partial charge >= 0.3 is 0 Å². The van der Waals surface area contributed by atoms with Crippen molar-refractivity contribution in [2.24, 2.45) is 5.92 Å². The second-order valence-corrected chi connectivity index (χ2v) is 5.62. The maximum atomic E-state index is 9.68. The third-order valence-corrected chi connectivity index (χ3v) is 3.01. The highest BCUT2D eigenvalue weighted by Crippen LogP contribution is 2.27. The lowest BCUT2D eigenvalue weighted by atomic mass is 9.95. The number of benzene rings is 1. The molecule has 0 atom stereocenters. The van der Waals surface area contributed by atoms with Crippen molar-refractivity contribution in [3.8, 4) is 0 Å². The summed E-state index contributed by atoms with van der Waals surface area (Å²) in [4.78, 5) is 2.21. The Balaban J connectivity index is 1.98. The van der Waals surface area contributed by atoms with E-state index in [2.05, 4.69) is 43.0 Å². The average molecular weight is 219 g/mol. The lowest BCUT2D eigenvalue weighted by molar-refractivity contribution is 0.0310. The van der Waals surface area contributed by atoms with E-state index in [4.69, 9.17) is 0 Å². The molecule has 88 valence electrons. The first-order valence-corrected chi connectivity index (χ1v) is 6.02. The van der Waals surface area contributed by atoms with Gasteiger partial charge in [-0.3, -0.25) is 0 Å². The van der Waals surface area contributed by atoms with E-state index < -0.39 is 5.60 Å². The Hall–Kier alpha value is -1.02. The number of rotatable bonds is 3. The van der Waals surface area contributed by atoms with Gasteiger partial charge in [0, 0.05) is 18.8 Å². The van der Waals surface area contributed by atoms with Crippen LogP contribution in [0.4, 0.5) is 5.69 Å². The molecule has 16 heavy (non-hydrogen) atoms. The van der Waals surface area contributed by atoms with Crippen LogP contribution in [-0.4, -0.2) is 23.8 Å². The van der Waals surface area contributed by atoms with Gasteiger partial charge in [0.25, 0.3) is 0 Å². The van der Waals surface area contributed by atoms with E-state index in [9.17, 15) is 5.11 Å². The van der Waals surface area contributed by atoms with Crippen LogP contribution in [0.2, 0.25) is 0 Å². The molecular weight excluding hydrogens is 198 g/mol. The van der Waals surface area contributed by atoms with Gasteiger partial charge in [-0.1, -0.05) is 26.0 Å². The van der Waals surface area contributed by atoms with Crippen LogP contribution in [0, 0.1) is 5.92 Å². The Morgan fingerprint density at radius 3 is 2.25 bits per heavy atom. The van der Waals surface area contributed by atoms with Gasteiger partial charge < -0.3 is 10.0 Å². The fraction of sp³-hybridized carbons (Fsp3) is 0.571. The first-order chi connectivity index (χ1) is 7.46. The number of hydrogen-bond acceptors (Lipinski definition) is 2. The van der Waals surface area contributed by atoms with E-state index in [1.807, 2.05) is 6.92 Å². The monoisotopic (exact) mass is 219 g/mol. The molecule has 0 saturated carbocycles. The molecule has 2 nitrogen and oxygen atoms in total. The second kappa shape index (κ2) is 4.10. The lowest BCUT2D eigenvalue weighted by Gasteiger charge is -2.45. The molecule has 0 unspecified atom stereocenters. The molecule has 2 heteroatoms. The summed E-state index contributed by atoms with van der Waals surface area (Å²) in [6, 6.07) is 8.71. The van der Waals surface area contributed by atoms with Crippen LogP contribution in [0.3, 0.4) is 0 Å². The lowest BCUT2D eigenvalue weighted by Crippen LogP contribution is -2.60. The van der Waals surface area contributed by atoms with Gasteiger partial charge in [-0.2, -0.15) is 0 Å². The molecular formula is C14H21NO. The first kappa shape index (κ1) is 11.5. The van der Waals surface area contributed by atoms with Gasteiger partial charge in [0.2, 0.25) is 0 Å². The summed E-state index contributed by atoms with van der Waals surface area (Å²) >= 11 is 0. The Bertz CT molecular complexity index is 346. The summed E-state index contributed by atoms with van der Waals surface area (Å²) < 4.78 is 0.